The highest BCUT2D eigenvalue weighted by atomic mass is 79.9. The van der Waals surface area contributed by atoms with Crippen molar-refractivity contribution in [3.8, 4) is 0 Å². The van der Waals surface area contributed by atoms with Crippen LogP contribution in [0.15, 0.2) is 51.8 Å². The maximum absolute atomic E-state index is 12.9. The maximum Gasteiger partial charge on any atom is 0.253 e. The molecule has 0 spiro atoms. The van der Waals surface area contributed by atoms with Crippen molar-refractivity contribution < 1.29 is 13.2 Å². The average Bonchev–Trinajstić information content (AvgIpc) is 3.43. The van der Waals surface area contributed by atoms with E-state index in [2.05, 4.69) is 21.2 Å². The lowest BCUT2D eigenvalue weighted by Crippen LogP contribution is -2.35. The number of carbonyl (C=O) groups is 1. The van der Waals surface area contributed by atoms with E-state index >= 15 is 0 Å². The van der Waals surface area contributed by atoms with Crippen molar-refractivity contribution >= 4 is 43.5 Å². The van der Waals surface area contributed by atoms with Crippen LogP contribution in [0.1, 0.15) is 42.6 Å². The predicted octanol–water partition coefficient (Wildman–Crippen LogP) is 4.55. The summed E-state index contributed by atoms with van der Waals surface area (Å²) in [4.78, 5) is 13.0. The van der Waals surface area contributed by atoms with E-state index in [9.17, 15) is 13.2 Å². The number of halogens is 2. The predicted molar refractivity (Wildman–Crippen MR) is 114 cm³/mol. The molecule has 1 fully saturated rings. The number of rotatable bonds is 7. The SMILES string of the molecule is CCN(CC)S(=O)(=O)c1ccc(Cl)c(C(=O)NC2(c3ccc(Br)cc3)CC2)c1. The second kappa shape index (κ2) is 8.14. The van der Waals surface area contributed by atoms with E-state index in [0.29, 0.717) is 13.1 Å². The molecule has 0 saturated heterocycles. The second-order valence-corrected chi connectivity index (χ2v) is 10.0. The summed E-state index contributed by atoms with van der Waals surface area (Å²) in [6, 6.07) is 12.1. The van der Waals surface area contributed by atoms with Gasteiger partial charge in [-0.2, -0.15) is 4.31 Å². The van der Waals surface area contributed by atoms with E-state index in [1.807, 2.05) is 24.3 Å². The molecule has 0 aromatic heterocycles. The van der Waals surface area contributed by atoms with Crippen molar-refractivity contribution in [1.29, 1.82) is 0 Å². The molecule has 0 atom stereocenters. The van der Waals surface area contributed by atoms with E-state index in [-0.39, 0.29) is 21.4 Å². The fourth-order valence-corrected chi connectivity index (χ4v) is 5.17. The molecule has 1 aliphatic carbocycles. The van der Waals surface area contributed by atoms with Gasteiger partial charge in [-0.3, -0.25) is 4.79 Å². The Labute approximate surface area is 179 Å². The van der Waals surface area contributed by atoms with Crippen LogP contribution in [0.3, 0.4) is 0 Å². The van der Waals surface area contributed by atoms with Crippen LogP contribution in [0, 0.1) is 0 Å². The summed E-state index contributed by atoms with van der Waals surface area (Å²) in [5.41, 5.74) is 0.764. The zero-order chi connectivity index (χ0) is 20.5. The van der Waals surface area contributed by atoms with Crippen molar-refractivity contribution in [1.82, 2.24) is 9.62 Å². The van der Waals surface area contributed by atoms with Crippen molar-refractivity contribution in [3.05, 3.63) is 63.1 Å². The lowest BCUT2D eigenvalue weighted by molar-refractivity contribution is 0.0930. The summed E-state index contributed by atoms with van der Waals surface area (Å²) in [6.07, 6.45) is 1.66. The number of hydrogen-bond donors (Lipinski definition) is 1. The number of sulfonamides is 1. The largest absolute Gasteiger partial charge is 0.342 e. The number of amides is 1. The Morgan fingerprint density at radius 1 is 1.14 bits per heavy atom. The van der Waals surface area contributed by atoms with E-state index in [1.54, 1.807) is 13.8 Å². The van der Waals surface area contributed by atoms with Crippen LogP contribution >= 0.6 is 27.5 Å². The minimum Gasteiger partial charge on any atom is -0.342 e. The summed E-state index contributed by atoms with van der Waals surface area (Å²) >= 11 is 9.64. The molecule has 2 aromatic carbocycles. The number of hydrogen-bond acceptors (Lipinski definition) is 3. The smallest absolute Gasteiger partial charge is 0.253 e. The van der Waals surface area contributed by atoms with Gasteiger partial charge in [0.15, 0.2) is 0 Å². The molecule has 0 radical (unpaired) electrons. The summed E-state index contributed by atoms with van der Waals surface area (Å²) in [5, 5.41) is 3.27. The number of carbonyl (C=O) groups excluding carboxylic acids is 1. The number of nitrogens with one attached hydrogen (secondary N) is 1. The van der Waals surface area contributed by atoms with Gasteiger partial charge in [0, 0.05) is 17.6 Å². The van der Waals surface area contributed by atoms with E-state index < -0.39 is 15.6 Å². The van der Waals surface area contributed by atoms with Gasteiger partial charge in [0.2, 0.25) is 10.0 Å². The normalized spacial score (nSPS) is 15.5. The molecular formula is C20H22BrClN2O3S. The molecule has 0 aliphatic heterocycles. The first-order chi connectivity index (χ1) is 13.2. The molecule has 2 aromatic rings. The van der Waals surface area contributed by atoms with Gasteiger partial charge < -0.3 is 5.32 Å². The molecule has 1 amide bonds. The lowest BCUT2D eigenvalue weighted by atomic mass is 10.0. The molecule has 8 heteroatoms. The van der Waals surface area contributed by atoms with Gasteiger partial charge in [0.1, 0.15) is 0 Å². The zero-order valence-corrected chi connectivity index (χ0v) is 18.9. The molecule has 1 aliphatic rings. The highest BCUT2D eigenvalue weighted by Gasteiger charge is 2.46. The first-order valence-electron chi connectivity index (χ1n) is 9.12. The second-order valence-electron chi connectivity index (χ2n) is 6.77. The van der Waals surface area contributed by atoms with Crippen molar-refractivity contribution in [2.24, 2.45) is 0 Å². The molecule has 5 nitrogen and oxygen atoms in total. The van der Waals surface area contributed by atoms with Crippen molar-refractivity contribution in [2.75, 3.05) is 13.1 Å². The molecule has 150 valence electrons. The van der Waals surface area contributed by atoms with Crippen LogP contribution in [0.25, 0.3) is 0 Å². The van der Waals surface area contributed by atoms with Gasteiger partial charge in [-0.05, 0) is 48.7 Å². The first-order valence-corrected chi connectivity index (χ1v) is 11.7. The lowest BCUT2D eigenvalue weighted by Gasteiger charge is -2.21. The molecule has 3 rings (SSSR count). The van der Waals surface area contributed by atoms with Crippen molar-refractivity contribution in [2.45, 2.75) is 37.1 Å². The van der Waals surface area contributed by atoms with E-state index in [1.165, 1.54) is 22.5 Å². The van der Waals surface area contributed by atoms with Crippen LogP contribution in [-0.4, -0.2) is 31.7 Å². The van der Waals surface area contributed by atoms with Gasteiger partial charge in [0.05, 0.1) is 21.0 Å². The zero-order valence-electron chi connectivity index (χ0n) is 15.7. The monoisotopic (exact) mass is 484 g/mol. The summed E-state index contributed by atoms with van der Waals surface area (Å²) in [5.74, 6) is -0.373. The Morgan fingerprint density at radius 2 is 1.75 bits per heavy atom. The molecule has 28 heavy (non-hydrogen) atoms. The Morgan fingerprint density at radius 3 is 2.29 bits per heavy atom. The molecule has 0 unspecified atom stereocenters. The topological polar surface area (TPSA) is 66.5 Å². The third-order valence-electron chi connectivity index (χ3n) is 5.03. The van der Waals surface area contributed by atoms with Crippen molar-refractivity contribution in [3.63, 3.8) is 0 Å². The van der Waals surface area contributed by atoms with Gasteiger partial charge in [-0.1, -0.05) is 53.5 Å². The third kappa shape index (κ3) is 4.13. The van der Waals surface area contributed by atoms with Crippen LogP contribution in [0.5, 0.6) is 0 Å². The van der Waals surface area contributed by atoms with E-state index in [0.717, 1.165) is 22.9 Å². The Kier molecular flexibility index (Phi) is 6.20. The van der Waals surface area contributed by atoms with Gasteiger partial charge in [-0.25, -0.2) is 8.42 Å². The van der Waals surface area contributed by atoms with Gasteiger partial charge >= 0.3 is 0 Å². The Bertz CT molecular complexity index is 985. The minimum atomic E-state index is -3.67. The van der Waals surface area contributed by atoms with Crippen LogP contribution in [0.2, 0.25) is 5.02 Å². The van der Waals surface area contributed by atoms with Crippen LogP contribution in [-0.2, 0) is 15.6 Å². The minimum absolute atomic E-state index is 0.0687. The molecular weight excluding hydrogens is 464 g/mol. The van der Waals surface area contributed by atoms with Crippen LogP contribution < -0.4 is 5.32 Å². The van der Waals surface area contributed by atoms with Crippen LogP contribution in [0.4, 0.5) is 0 Å². The molecule has 1 saturated carbocycles. The van der Waals surface area contributed by atoms with E-state index in [4.69, 9.17) is 11.6 Å². The Hall–Kier alpha value is -1.41. The summed E-state index contributed by atoms with van der Waals surface area (Å²) in [6.45, 7) is 4.27. The summed E-state index contributed by atoms with van der Waals surface area (Å²) in [7, 11) is -3.67. The standard InChI is InChI=1S/C20H22BrClN2O3S/c1-3-24(4-2)28(26,27)16-9-10-18(22)17(13-16)19(25)23-20(11-12-20)14-5-7-15(21)8-6-14/h5-10,13H,3-4,11-12H2,1-2H3,(H,23,25). The quantitative estimate of drug-likeness (QED) is 0.625. The number of nitrogens with zero attached hydrogens (tertiary/aromatic N) is 1. The molecule has 0 heterocycles. The molecule has 1 N–H and O–H groups in total. The fourth-order valence-electron chi connectivity index (χ4n) is 3.22. The van der Waals surface area contributed by atoms with Gasteiger partial charge in [-0.15, -0.1) is 0 Å². The highest BCUT2D eigenvalue weighted by molar-refractivity contribution is 9.10. The van der Waals surface area contributed by atoms with Gasteiger partial charge in [0.25, 0.3) is 5.91 Å². The highest BCUT2D eigenvalue weighted by Crippen LogP contribution is 2.46. The first kappa shape index (κ1) is 21.3. The average molecular weight is 486 g/mol. The fraction of sp³-hybridized carbons (Fsp3) is 0.350. The number of benzene rings is 2. The third-order valence-corrected chi connectivity index (χ3v) is 7.93. The maximum atomic E-state index is 12.9. The molecule has 0 bridgehead atoms. The Balaban J connectivity index is 1.89. The summed E-state index contributed by atoms with van der Waals surface area (Å²) < 4.78 is 27.9.